The van der Waals surface area contributed by atoms with Crippen molar-refractivity contribution in [2.75, 3.05) is 0 Å². The van der Waals surface area contributed by atoms with Crippen LogP contribution in [0.4, 0.5) is 0 Å². The number of amides is 1. The van der Waals surface area contributed by atoms with Crippen molar-refractivity contribution >= 4 is 5.91 Å². The molecule has 3 aromatic rings. The van der Waals surface area contributed by atoms with Crippen molar-refractivity contribution in [2.45, 2.75) is 13.1 Å². The lowest BCUT2D eigenvalue weighted by Gasteiger charge is -2.06. The van der Waals surface area contributed by atoms with Gasteiger partial charge < -0.3 is 5.32 Å². The zero-order valence-corrected chi connectivity index (χ0v) is 12.0. The standard InChI is InChI=1S/C17H16N4O/c22-17(19-10-14-4-2-1-3-5-14)16-8-6-15(7-9-16)11-21-13-18-12-20-21/h1-9,12-13H,10-11H2,(H,19,22). The number of carbonyl (C=O) groups excluding carboxylic acids is 1. The Morgan fingerprint density at radius 1 is 1.00 bits per heavy atom. The van der Waals surface area contributed by atoms with Gasteiger partial charge in [-0.15, -0.1) is 0 Å². The third-order valence-corrected chi connectivity index (χ3v) is 3.32. The number of benzene rings is 2. The second kappa shape index (κ2) is 6.67. The van der Waals surface area contributed by atoms with Crippen LogP contribution in [0.3, 0.4) is 0 Å². The normalized spacial score (nSPS) is 10.4. The molecule has 5 nitrogen and oxygen atoms in total. The maximum absolute atomic E-state index is 12.1. The Morgan fingerprint density at radius 3 is 2.45 bits per heavy atom. The number of hydrogen-bond donors (Lipinski definition) is 1. The molecule has 22 heavy (non-hydrogen) atoms. The zero-order valence-electron chi connectivity index (χ0n) is 12.0. The molecule has 0 spiro atoms. The van der Waals surface area contributed by atoms with E-state index in [2.05, 4.69) is 15.4 Å². The molecule has 1 aromatic heterocycles. The average Bonchev–Trinajstić information content (AvgIpc) is 3.07. The van der Waals surface area contributed by atoms with E-state index in [1.807, 2.05) is 54.6 Å². The highest BCUT2D eigenvalue weighted by molar-refractivity contribution is 5.94. The second-order valence-corrected chi connectivity index (χ2v) is 4.96. The molecule has 1 amide bonds. The van der Waals surface area contributed by atoms with Crippen molar-refractivity contribution in [1.82, 2.24) is 20.1 Å². The van der Waals surface area contributed by atoms with Gasteiger partial charge in [0.05, 0.1) is 6.54 Å². The summed E-state index contributed by atoms with van der Waals surface area (Å²) in [4.78, 5) is 16.0. The molecule has 0 saturated carbocycles. The monoisotopic (exact) mass is 292 g/mol. The Morgan fingerprint density at radius 2 is 1.77 bits per heavy atom. The van der Waals surface area contributed by atoms with Crippen LogP contribution in [0.25, 0.3) is 0 Å². The number of aromatic nitrogens is 3. The Kier molecular flexibility index (Phi) is 4.25. The van der Waals surface area contributed by atoms with E-state index < -0.39 is 0 Å². The molecule has 3 rings (SSSR count). The van der Waals surface area contributed by atoms with Gasteiger partial charge in [0.15, 0.2) is 0 Å². The lowest BCUT2D eigenvalue weighted by atomic mass is 10.1. The number of hydrogen-bond acceptors (Lipinski definition) is 3. The van der Waals surface area contributed by atoms with Gasteiger partial charge in [-0.2, -0.15) is 5.10 Å². The van der Waals surface area contributed by atoms with E-state index in [0.717, 1.165) is 11.1 Å². The molecule has 1 heterocycles. The fourth-order valence-electron chi connectivity index (χ4n) is 2.14. The van der Waals surface area contributed by atoms with Crippen LogP contribution in [0.5, 0.6) is 0 Å². The van der Waals surface area contributed by atoms with Crippen molar-refractivity contribution in [3.8, 4) is 0 Å². The molecule has 1 N–H and O–H groups in total. The predicted molar refractivity (Wildman–Crippen MR) is 83.2 cm³/mol. The van der Waals surface area contributed by atoms with Gasteiger partial charge >= 0.3 is 0 Å². The van der Waals surface area contributed by atoms with Crippen LogP contribution in [0.2, 0.25) is 0 Å². The van der Waals surface area contributed by atoms with Crippen molar-refractivity contribution in [1.29, 1.82) is 0 Å². The van der Waals surface area contributed by atoms with Crippen LogP contribution in [0.15, 0.2) is 67.3 Å². The second-order valence-electron chi connectivity index (χ2n) is 4.96. The number of nitrogens with zero attached hydrogens (tertiary/aromatic N) is 3. The first kappa shape index (κ1) is 14.0. The molecule has 0 aliphatic carbocycles. The third-order valence-electron chi connectivity index (χ3n) is 3.32. The highest BCUT2D eigenvalue weighted by atomic mass is 16.1. The smallest absolute Gasteiger partial charge is 0.251 e. The minimum atomic E-state index is -0.0730. The van der Waals surface area contributed by atoms with E-state index in [1.54, 1.807) is 11.0 Å². The first-order chi connectivity index (χ1) is 10.8. The van der Waals surface area contributed by atoms with Crippen LogP contribution in [-0.2, 0) is 13.1 Å². The summed E-state index contributed by atoms with van der Waals surface area (Å²) in [5.41, 5.74) is 2.81. The minimum Gasteiger partial charge on any atom is -0.348 e. The highest BCUT2D eigenvalue weighted by Crippen LogP contribution is 2.06. The minimum absolute atomic E-state index is 0.0730. The lowest BCUT2D eigenvalue weighted by molar-refractivity contribution is 0.0951. The molecule has 0 unspecified atom stereocenters. The Bertz CT molecular complexity index is 721. The molecule has 110 valence electrons. The van der Waals surface area contributed by atoms with Crippen molar-refractivity contribution in [3.63, 3.8) is 0 Å². The fraction of sp³-hybridized carbons (Fsp3) is 0.118. The fourth-order valence-corrected chi connectivity index (χ4v) is 2.14. The van der Waals surface area contributed by atoms with Gasteiger partial charge in [-0.25, -0.2) is 9.67 Å². The summed E-state index contributed by atoms with van der Waals surface area (Å²) in [5, 5.41) is 6.97. The van der Waals surface area contributed by atoms with Gasteiger partial charge in [0.1, 0.15) is 12.7 Å². The summed E-state index contributed by atoms with van der Waals surface area (Å²) < 4.78 is 1.74. The Balaban J connectivity index is 1.59. The van der Waals surface area contributed by atoms with Gasteiger partial charge in [0, 0.05) is 12.1 Å². The molecule has 0 aliphatic heterocycles. The van der Waals surface area contributed by atoms with Gasteiger partial charge in [-0.05, 0) is 23.3 Å². The number of carbonyl (C=O) groups is 1. The number of nitrogens with one attached hydrogen (secondary N) is 1. The van der Waals surface area contributed by atoms with Crippen LogP contribution >= 0.6 is 0 Å². The molecular weight excluding hydrogens is 276 g/mol. The van der Waals surface area contributed by atoms with E-state index in [-0.39, 0.29) is 5.91 Å². The van der Waals surface area contributed by atoms with Crippen LogP contribution < -0.4 is 5.32 Å². The summed E-state index contributed by atoms with van der Waals surface area (Å²) >= 11 is 0. The van der Waals surface area contributed by atoms with Crippen LogP contribution in [-0.4, -0.2) is 20.7 Å². The molecule has 5 heteroatoms. The zero-order chi connectivity index (χ0) is 15.2. The average molecular weight is 292 g/mol. The maximum atomic E-state index is 12.1. The summed E-state index contributed by atoms with van der Waals surface area (Å²) in [7, 11) is 0. The lowest BCUT2D eigenvalue weighted by Crippen LogP contribution is -2.22. The molecule has 0 saturated heterocycles. The van der Waals surface area contributed by atoms with Crippen LogP contribution in [0, 0.1) is 0 Å². The topological polar surface area (TPSA) is 59.8 Å². The molecule has 0 fully saturated rings. The van der Waals surface area contributed by atoms with Gasteiger partial charge in [0.25, 0.3) is 5.91 Å². The molecule has 0 bridgehead atoms. The molecule has 0 atom stereocenters. The largest absolute Gasteiger partial charge is 0.348 e. The predicted octanol–water partition coefficient (Wildman–Crippen LogP) is 2.26. The summed E-state index contributed by atoms with van der Waals surface area (Å²) in [6.07, 6.45) is 3.17. The maximum Gasteiger partial charge on any atom is 0.251 e. The summed E-state index contributed by atoms with van der Waals surface area (Å²) in [6.45, 7) is 1.17. The Hall–Kier alpha value is -2.95. The third kappa shape index (κ3) is 3.58. The molecule has 2 aromatic carbocycles. The summed E-state index contributed by atoms with van der Waals surface area (Å²) in [5.74, 6) is -0.0730. The van der Waals surface area contributed by atoms with Crippen molar-refractivity contribution < 1.29 is 4.79 Å². The van der Waals surface area contributed by atoms with Gasteiger partial charge in [-0.1, -0.05) is 42.5 Å². The van der Waals surface area contributed by atoms with Gasteiger partial charge in [-0.3, -0.25) is 4.79 Å². The van der Waals surface area contributed by atoms with Crippen molar-refractivity contribution in [3.05, 3.63) is 83.9 Å². The SMILES string of the molecule is O=C(NCc1ccccc1)c1ccc(Cn2cncn2)cc1. The van der Waals surface area contributed by atoms with E-state index >= 15 is 0 Å². The summed E-state index contributed by atoms with van der Waals surface area (Å²) in [6, 6.07) is 17.4. The van der Waals surface area contributed by atoms with E-state index in [9.17, 15) is 4.79 Å². The quantitative estimate of drug-likeness (QED) is 0.784. The van der Waals surface area contributed by atoms with E-state index in [0.29, 0.717) is 18.7 Å². The van der Waals surface area contributed by atoms with E-state index in [4.69, 9.17) is 0 Å². The van der Waals surface area contributed by atoms with Crippen molar-refractivity contribution in [2.24, 2.45) is 0 Å². The van der Waals surface area contributed by atoms with Crippen LogP contribution in [0.1, 0.15) is 21.5 Å². The first-order valence-corrected chi connectivity index (χ1v) is 7.05. The van der Waals surface area contributed by atoms with Gasteiger partial charge in [0.2, 0.25) is 0 Å². The molecule has 0 radical (unpaired) electrons. The molecular formula is C17H16N4O. The first-order valence-electron chi connectivity index (χ1n) is 7.05. The highest BCUT2D eigenvalue weighted by Gasteiger charge is 2.05. The number of rotatable bonds is 5. The van der Waals surface area contributed by atoms with E-state index in [1.165, 1.54) is 6.33 Å². The molecule has 0 aliphatic rings. The Labute approximate surface area is 128 Å².